The number of aliphatic carboxylic acids is 1. The van der Waals surface area contributed by atoms with E-state index in [0.717, 1.165) is 0 Å². The maximum absolute atomic E-state index is 11.7. The minimum Gasteiger partial charge on any atom is -0.481 e. The first kappa shape index (κ1) is 12.4. The van der Waals surface area contributed by atoms with E-state index in [4.69, 9.17) is 11.5 Å². The first-order chi connectivity index (χ1) is 7.47. The lowest BCUT2D eigenvalue weighted by atomic mass is 9.87. The Labute approximate surface area is 95.0 Å². The molecule has 1 rings (SSSR count). The molecule has 5 heteroatoms. The van der Waals surface area contributed by atoms with Crippen molar-refractivity contribution in [1.82, 2.24) is 9.80 Å². The van der Waals surface area contributed by atoms with Crippen LogP contribution in [0.2, 0.25) is 0 Å². The highest BCUT2D eigenvalue weighted by molar-refractivity contribution is 5.76. The van der Waals surface area contributed by atoms with Crippen molar-refractivity contribution in [1.29, 1.82) is 0 Å². The van der Waals surface area contributed by atoms with Crippen LogP contribution in [0.3, 0.4) is 0 Å². The summed E-state index contributed by atoms with van der Waals surface area (Å²) in [6.45, 7) is 2.94. The average Bonchev–Trinajstić information content (AvgIpc) is 2.15. The van der Waals surface area contributed by atoms with E-state index in [-0.39, 0.29) is 18.5 Å². The number of carboxylic acid groups (broad SMARTS) is 1. The van der Waals surface area contributed by atoms with Crippen LogP contribution in [0.4, 0.5) is 4.79 Å². The Kier molecular flexibility index (Phi) is 3.78. The lowest BCUT2D eigenvalue weighted by molar-refractivity contribution is -0.144. The molecule has 0 aliphatic carbocycles. The van der Waals surface area contributed by atoms with Crippen LogP contribution in [0.25, 0.3) is 0 Å². The zero-order valence-corrected chi connectivity index (χ0v) is 9.51. The highest BCUT2D eigenvalue weighted by Gasteiger charge is 2.37. The summed E-state index contributed by atoms with van der Waals surface area (Å²) >= 11 is 0. The Morgan fingerprint density at radius 1 is 1.62 bits per heavy atom. The molecule has 1 saturated heterocycles. The third kappa shape index (κ3) is 2.45. The summed E-state index contributed by atoms with van der Waals surface area (Å²) in [5.41, 5.74) is 0. The third-order valence-corrected chi connectivity index (χ3v) is 2.93. The predicted molar refractivity (Wildman–Crippen MR) is 58.7 cm³/mol. The highest BCUT2D eigenvalue weighted by atomic mass is 16.4. The SMILES string of the molecule is C#CCN(C)C(=O)N1CC(C(C)C(=O)O)C1. The summed E-state index contributed by atoms with van der Waals surface area (Å²) in [7, 11) is 1.64. The van der Waals surface area contributed by atoms with Gasteiger partial charge in [-0.3, -0.25) is 4.79 Å². The molecule has 0 saturated carbocycles. The number of hydrogen-bond donors (Lipinski definition) is 1. The fourth-order valence-corrected chi connectivity index (χ4v) is 1.63. The molecule has 1 fully saturated rings. The Balaban J connectivity index is 2.39. The Morgan fingerprint density at radius 3 is 2.62 bits per heavy atom. The summed E-state index contributed by atoms with van der Waals surface area (Å²) in [5.74, 6) is 1.23. The lowest BCUT2D eigenvalue weighted by Gasteiger charge is -2.42. The molecule has 1 N–H and O–H groups in total. The van der Waals surface area contributed by atoms with E-state index in [1.807, 2.05) is 0 Å². The number of carbonyl (C=O) groups is 2. The number of hydrogen-bond acceptors (Lipinski definition) is 2. The highest BCUT2D eigenvalue weighted by Crippen LogP contribution is 2.24. The van der Waals surface area contributed by atoms with Crippen molar-refractivity contribution >= 4 is 12.0 Å². The summed E-state index contributed by atoms with van der Waals surface area (Å²) < 4.78 is 0. The molecule has 1 unspecified atom stereocenters. The molecule has 0 spiro atoms. The molecule has 5 nitrogen and oxygen atoms in total. The number of terminal acetylenes is 1. The van der Waals surface area contributed by atoms with E-state index in [1.165, 1.54) is 4.90 Å². The van der Waals surface area contributed by atoms with Crippen LogP contribution in [0, 0.1) is 24.2 Å². The van der Waals surface area contributed by atoms with Gasteiger partial charge in [0.25, 0.3) is 0 Å². The summed E-state index contributed by atoms with van der Waals surface area (Å²) in [6, 6.07) is -0.133. The normalized spacial score (nSPS) is 17.2. The fraction of sp³-hybridized carbons (Fsp3) is 0.636. The average molecular weight is 224 g/mol. The van der Waals surface area contributed by atoms with Crippen LogP contribution in [-0.2, 0) is 4.79 Å². The Bertz CT molecular complexity index is 329. The van der Waals surface area contributed by atoms with Crippen LogP contribution in [-0.4, -0.2) is 53.6 Å². The van der Waals surface area contributed by atoms with Gasteiger partial charge in [-0.1, -0.05) is 12.8 Å². The van der Waals surface area contributed by atoms with Crippen molar-refractivity contribution < 1.29 is 14.7 Å². The van der Waals surface area contributed by atoms with Crippen molar-refractivity contribution in [3.05, 3.63) is 0 Å². The predicted octanol–water partition coefficient (Wildman–Crippen LogP) is 0.324. The molecule has 2 amide bonds. The number of carbonyl (C=O) groups excluding carboxylic acids is 1. The van der Waals surface area contributed by atoms with Gasteiger partial charge in [0.05, 0.1) is 12.5 Å². The third-order valence-electron chi connectivity index (χ3n) is 2.93. The molecule has 0 radical (unpaired) electrons. The van der Waals surface area contributed by atoms with E-state index >= 15 is 0 Å². The van der Waals surface area contributed by atoms with Crippen LogP contribution in [0.1, 0.15) is 6.92 Å². The van der Waals surface area contributed by atoms with E-state index in [1.54, 1.807) is 18.9 Å². The van der Waals surface area contributed by atoms with Crippen molar-refractivity contribution in [2.45, 2.75) is 6.92 Å². The van der Waals surface area contributed by atoms with E-state index in [9.17, 15) is 9.59 Å². The molecule has 16 heavy (non-hydrogen) atoms. The van der Waals surface area contributed by atoms with Gasteiger partial charge in [0.1, 0.15) is 0 Å². The van der Waals surface area contributed by atoms with Crippen LogP contribution < -0.4 is 0 Å². The smallest absolute Gasteiger partial charge is 0.320 e. The molecule has 0 aromatic carbocycles. The molecular weight excluding hydrogens is 208 g/mol. The van der Waals surface area contributed by atoms with Crippen molar-refractivity contribution in [3.63, 3.8) is 0 Å². The van der Waals surface area contributed by atoms with Gasteiger partial charge in [0.2, 0.25) is 0 Å². The van der Waals surface area contributed by atoms with Crippen LogP contribution >= 0.6 is 0 Å². The lowest BCUT2D eigenvalue weighted by Crippen LogP contribution is -2.56. The zero-order valence-electron chi connectivity index (χ0n) is 9.51. The molecule has 1 atom stereocenters. The van der Waals surface area contributed by atoms with Crippen molar-refractivity contribution in [3.8, 4) is 12.3 Å². The number of rotatable bonds is 3. The number of nitrogens with zero attached hydrogens (tertiary/aromatic N) is 2. The number of carboxylic acids is 1. The number of likely N-dealkylation sites (tertiary alicyclic amines) is 1. The Hall–Kier alpha value is -1.70. The minimum atomic E-state index is -0.811. The topological polar surface area (TPSA) is 60.9 Å². The largest absolute Gasteiger partial charge is 0.481 e. The standard InChI is InChI=1S/C11H16N2O3/c1-4-5-12(3)11(16)13-6-9(7-13)8(2)10(14)15/h1,8-9H,5-7H2,2-3H3,(H,14,15). The van der Waals surface area contributed by atoms with Gasteiger partial charge in [-0.05, 0) is 0 Å². The quantitative estimate of drug-likeness (QED) is 0.702. The van der Waals surface area contributed by atoms with Gasteiger partial charge in [-0.25, -0.2) is 4.79 Å². The molecule has 0 aromatic rings. The summed E-state index contributed by atoms with van der Waals surface area (Å²) in [6.07, 6.45) is 5.10. The summed E-state index contributed by atoms with van der Waals surface area (Å²) in [4.78, 5) is 25.4. The van der Waals surface area contributed by atoms with Crippen molar-refractivity contribution in [2.75, 3.05) is 26.7 Å². The molecular formula is C11H16N2O3. The Morgan fingerprint density at radius 2 is 2.19 bits per heavy atom. The van der Waals surface area contributed by atoms with Gasteiger partial charge >= 0.3 is 12.0 Å². The molecule has 1 aliphatic rings. The summed E-state index contributed by atoms with van der Waals surface area (Å²) in [5, 5.41) is 8.80. The van der Waals surface area contributed by atoms with Gasteiger partial charge in [-0.15, -0.1) is 6.42 Å². The van der Waals surface area contributed by atoms with Crippen LogP contribution in [0.15, 0.2) is 0 Å². The molecule has 0 aromatic heterocycles. The second kappa shape index (κ2) is 4.88. The maximum Gasteiger partial charge on any atom is 0.320 e. The van der Waals surface area contributed by atoms with E-state index in [2.05, 4.69) is 5.92 Å². The molecule has 1 heterocycles. The fourth-order valence-electron chi connectivity index (χ4n) is 1.63. The minimum absolute atomic E-state index is 0.0562. The second-order valence-corrected chi connectivity index (χ2v) is 4.13. The maximum atomic E-state index is 11.7. The van der Waals surface area contributed by atoms with Gasteiger partial charge in [0.15, 0.2) is 0 Å². The van der Waals surface area contributed by atoms with E-state index < -0.39 is 11.9 Å². The van der Waals surface area contributed by atoms with Gasteiger partial charge < -0.3 is 14.9 Å². The van der Waals surface area contributed by atoms with Gasteiger partial charge in [-0.2, -0.15) is 0 Å². The first-order valence-electron chi connectivity index (χ1n) is 5.13. The molecule has 1 aliphatic heterocycles. The first-order valence-corrected chi connectivity index (χ1v) is 5.13. The molecule has 0 bridgehead atoms. The second-order valence-electron chi connectivity index (χ2n) is 4.13. The number of amides is 2. The zero-order chi connectivity index (χ0) is 12.3. The monoisotopic (exact) mass is 224 g/mol. The van der Waals surface area contributed by atoms with Gasteiger partial charge in [0, 0.05) is 26.1 Å². The van der Waals surface area contributed by atoms with Crippen LogP contribution in [0.5, 0.6) is 0 Å². The molecule has 88 valence electrons. The number of urea groups is 1. The van der Waals surface area contributed by atoms with Crippen molar-refractivity contribution in [2.24, 2.45) is 11.8 Å². The van der Waals surface area contributed by atoms with E-state index in [0.29, 0.717) is 13.1 Å².